The van der Waals surface area contributed by atoms with Gasteiger partial charge in [0.1, 0.15) is 30.0 Å². The van der Waals surface area contributed by atoms with E-state index in [2.05, 4.69) is 80.7 Å². The average Bonchev–Trinajstić information content (AvgIpc) is 3.31. The van der Waals surface area contributed by atoms with E-state index >= 15 is 0 Å². The Bertz CT molecular complexity index is 1390. The Labute approximate surface area is 200 Å². The molecule has 0 spiro atoms. The van der Waals surface area contributed by atoms with Crippen LogP contribution in [0.25, 0.3) is 5.70 Å². The Morgan fingerprint density at radius 3 is 2.61 bits per heavy atom. The first-order valence-corrected chi connectivity index (χ1v) is 11.5. The summed E-state index contributed by atoms with van der Waals surface area (Å²) in [7, 11) is 1.67. The Hall–Kier alpha value is -3.58. The van der Waals surface area contributed by atoms with Gasteiger partial charge in [0.15, 0.2) is 0 Å². The molecule has 2 atom stereocenters. The van der Waals surface area contributed by atoms with Gasteiger partial charge in [-0.15, -0.1) is 0 Å². The van der Waals surface area contributed by atoms with E-state index in [0.29, 0.717) is 5.95 Å². The van der Waals surface area contributed by atoms with E-state index in [-0.39, 0.29) is 12.1 Å². The van der Waals surface area contributed by atoms with Crippen LogP contribution in [0.3, 0.4) is 0 Å². The SMILES string of the molecule is COc1ccc([C@@H]2Oc3ccccc3C3=C2[C@H](c2ccc(C)cc2)n2ncnc2N3)cc1Br. The Kier molecular flexibility index (Phi) is 4.73. The van der Waals surface area contributed by atoms with Crippen molar-refractivity contribution in [3.63, 3.8) is 0 Å². The van der Waals surface area contributed by atoms with Gasteiger partial charge in [0.05, 0.1) is 17.3 Å². The molecule has 2 aliphatic heterocycles. The van der Waals surface area contributed by atoms with Crippen LogP contribution in [0.1, 0.15) is 34.4 Å². The number of rotatable bonds is 3. The molecular weight excluding hydrogens is 480 g/mol. The number of anilines is 1. The molecule has 0 saturated heterocycles. The molecule has 4 aromatic rings. The van der Waals surface area contributed by atoms with Gasteiger partial charge in [0.2, 0.25) is 5.95 Å². The lowest BCUT2D eigenvalue weighted by Gasteiger charge is -2.39. The molecule has 2 aliphatic rings. The summed E-state index contributed by atoms with van der Waals surface area (Å²) in [5.74, 6) is 2.32. The van der Waals surface area contributed by atoms with Crippen molar-refractivity contribution in [1.29, 1.82) is 0 Å². The van der Waals surface area contributed by atoms with Crippen molar-refractivity contribution >= 4 is 27.6 Å². The highest BCUT2D eigenvalue weighted by Gasteiger charge is 2.40. The number of fused-ring (bicyclic) bond motifs is 3. The van der Waals surface area contributed by atoms with Crippen LogP contribution in [0, 0.1) is 6.92 Å². The Morgan fingerprint density at radius 1 is 1.03 bits per heavy atom. The van der Waals surface area contributed by atoms with Crippen LogP contribution in [0.2, 0.25) is 0 Å². The van der Waals surface area contributed by atoms with Gasteiger partial charge in [-0.1, -0.05) is 48.0 Å². The zero-order valence-electron chi connectivity index (χ0n) is 18.1. The van der Waals surface area contributed by atoms with Gasteiger partial charge in [-0.3, -0.25) is 0 Å². The van der Waals surface area contributed by atoms with Crippen molar-refractivity contribution in [2.45, 2.75) is 19.1 Å². The van der Waals surface area contributed by atoms with E-state index in [1.165, 1.54) is 5.56 Å². The van der Waals surface area contributed by atoms with Crippen LogP contribution in [0.4, 0.5) is 5.95 Å². The molecule has 0 amide bonds. The van der Waals surface area contributed by atoms with Crippen molar-refractivity contribution in [2.75, 3.05) is 12.4 Å². The van der Waals surface area contributed by atoms with Crippen LogP contribution in [-0.4, -0.2) is 21.9 Å². The van der Waals surface area contributed by atoms with E-state index < -0.39 is 0 Å². The van der Waals surface area contributed by atoms with E-state index in [1.807, 2.05) is 28.9 Å². The second-order valence-corrected chi connectivity index (χ2v) is 9.04. The summed E-state index contributed by atoms with van der Waals surface area (Å²) >= 11 is 3.64. The molecular formula is C26H21BrN4O2. The number of ether oxygens (including phenoxy) is 2. The second kappa shape index (κ2) is 7.78. The van der Waals surface area contributed by atoms with Crippen LogP contribution in [0.5, 0.6) is 11.5 Å². The zero-order valence-corrected chi connectivity index (χ0v) is 19.7. The molecule has 33 heavy (non-hydrogen) atoms. The van der Waals surface area contributed by atoms with Crippen molar-refractivity contribution in [1.82, 2.24) is 14.8 Å². The molecule has 0 unspecified atom stereocenters. The predicted octanol–water partition coefficient (Wildman–Crippen LogP) is 5.92. The molecule has 3 heterocycles. The molecule has 0 radical (unpaired) electrons. The molecule has 0 fully saturated rings. The maximum Gasteiger partial charge on any atom is 0.226 e. The third-order valence-corrected chi connectivity index (χ3v) is 6.81. The van der Waals surface area contributed by atoms with Gasteiger partial charge in [-0.2, -0.15) is 10.1 Å². The van der Waals surface area contributed by atoms with Gasteiger partial charge in [0.25, 0.3) is 0 Å². The van der Waals surface area contributed by atoms with Gasteiger partial charge in [-0.25, -0.2) is 4.68 Å². The Balaban J connectivity index is 1.61. The number of para-hydroxylation sites is 1. The molecule has 6 rings (SSSR count). The fourth-order valence-electron chi connectivity index (χ4n) is 4.61. The number of aromatic nitrogens is 3. The van der Waals surface area contributed by atoms with E-state index in [1.54, 1.807) is 13.4 Å². The zero-order chi connectivity index (χ0) is 22.5. The number of aryl methyl sites for hydroxylation is 1. The first-order valence-electron chi connectivity index (χ1n) is 10.7. The van der Waals surface area contributed by atoms with Crippen molar-refractivity contribution in [2.24, 2.45) is 0 Å². The van der Waals surface area contributed by atoms with Crippen LogP contribution >= 0.6 is 15.9 Å². The largest absolute Gasteiger partial charge is 0.496 e. The van der Waals surface area contributed by atoms with Crippen LogP contribution in [-0.2, 0) is 0 Å². The fourth-order valence-corrected chi connectivity index (χ4v) is 5.17. The summed E-state index contributed by atoms with van der Waals surface area (Å²) in [4.78, 5) is 4.49. The highest BCUT2D eigenvalue weighted by atomic mass is 79.9. The Morgan fingerprint density at radius 2 is 1.82 bits per heavy atom. The molecule has 6 nitrogen and oxygen atoms in total. The molecule has 1 N–H and O–H groups in total. The molecule has 7 heteroatoms. The summed E-state index contributed by atoms with van der Waals surface area (Å²) in [6.45, 7) is 2.09. The fraction of sp³-hybridized carbons (Fsp3) is 0.154. The van der Waals surface area contributed by atoms with Crippen molar-refractivity contribution in [3.8, 4) is 11.5 Å². The minimum absolute atomic E-state index is 0.168. The highest BCUT2D eigenvalue weighted by Crippen LogP contribution is 2.51. The summed E-state index contributed by atoms with van der Waals surface area (Å²) in [5.41, 5.74) is 6.48. The van der Waals surface area contributed by atoms with Gasteiger partial charge >= 0.3 is 0 Å². The number of hydrogen-bond donors (Lipinski definition) is 1. The first kappa shape index (κ1) is 20.1. The van der Waals surface area contributed by atoms with Crippen molar-refractivity contribution < 1.29 is 9.47 Å². The quantitative estimate of drug-likeness (QED) is 0.378. The van der Waals surface area contributed by atoms with Gasteiger partial charge in [-0.05, 0) is 58.2 Å². The van der Waals surface area contributed by atoms with Gasteiger partial charge in [0, 0.05) is 11.1 Å². The second-order valence-electron chi connectivity index (χ2n) is 8.18. The number of nitrogens with zero attached hydrogens (tertiary/aromatic N) is 3. The minimum Gasteiger partial charge on any atom is -0.496 e. The number of halogens is 1. The maximum absolute atomic E-state index is 6.66. The third kappa shape index (κ3) is 3.23. The summed E-state index contributed by atoms with van der Waals surface area (Å²) in [5, 5.41) is 8.12. The lowest BCUT2D eigenvalue weighted by Crippen LogP contribution is -2.32. The highest BCUT2D eigenvalue weighted by molar-refractivity contribution is 9.10. The monoisotopic (exact) mass is 500 g/mol. The summed E-state index contributed by atoms with van der Waals surface area (Å²) in [6.07, 6.45) is 1.27. The molecule has 164 valence electrons. The molecule has 0 saturated carbocycles. The molecule has 0 aliphatic carbocycles. The van der Waals surface area contributed by atoms with Gasteiger partial charge < -0.3 is 14.8 Å². The average molecular weight is 501 g/mol. The lowest BCUT2D eigenvalue weighted by molar-refractivity contribution is 0.223. The number of nitrogens with one attached hydrogen (secondary N) is 1. The van der Waals surface area contributed by atoms with E-state index in [4.69, 9.17) is 9.47 Å². The molecule has 0 bridgehead atoms. The third-order valence-electron chi connectivity index (χ3n) is 6.19. The lowest BCUT2D eigenvalue weighted by atomic mass is 9.84. The normalized spacial score (nSPS) is 18.5. The summed E-state index contributed by atoms with van der Waals surface area (Å²) in [6, 6.07) is 22.6. The van der Waals surface area contributed by atoms with Crippen LogP contribution in [0.15, 0.2) is 83.1 Å². The van der Waals surface area contributed by atoms with Crippen molar-refractivity contribution in [3.05, 3.63) is 105 Å². The molecule has 1 aromatic heterocycles. The first-order chi connectivity index (χ1) is 16.1. The number of hydrogen-bond acceptors (Lipinski definition) is 5. The number of benzene rings is 3. The standard InChI is InChI=1S/C26H21BrN4O2/c1-15-7-9-16(10-8-15)24-22-23(30-26-28-14-29-31(24)26)18-5-3-4-6-20(18)33-25(22)17-11-12-21(32-2)19(27)13-17/h3-14,24-25H,1-2H3,(H,28,29,30)/t24-,25-/m0/s1. The maximum atomic E-state index is 6.66. The smallest absolute Gasteiger partial charge is 0.226 e. The minimum atomic E-state index is -0.326. The topological polar surface area (TPSA) is 61.2 Å². The van der Waals surface area contributed by atoms with E-state index in [9.17, 15) is 0 Å². The number of methoxy groups -OCH3 is 1. The van der Waals surface area contributed by atoms with E-state index in [0.717, 1.165) is 43.9 Å². The van der Waals surface area contributed by atoms with Crippen LogP contribution < -0.4 is 14.8 Å². The predicted molar refractivity (Wildman–Crippen MR) is 130 cm³/mol. The summed E-state index contributed by atoms with van der Waals surface area (Å²) < 4.78 is 14.9. The molecule has 3 aromatic carbocycles.